The molecule has 0 spiro atoms. The van der Waals surface area contributed by atoms with Gasteiger partial charge in [-0.15, -0.1) is 0 Å². The Hall–Kier alpha value is -1.23. The van der Waals surface area contributed by atoms with E-state index in [1.807, 2.05) is 0 Å². The Kier molecular flexibility index (Phi) is 5.29. The van der Waals surface area contributed by atoms with Crippen molar-refractivity contribution in [2.45, 2.75) is 25.8 Å². The van der Waals surface area contributed by atoms with E-state index in [0.29, 0.717) is 4.47 Å². The molecule has 0 bridgehead atoms. The standard InChI is InChI=1S/C16H18BrFN2/c1-2-11-3-5-12(6-4-11)9-16(20-19)13-7-8-15(18)14(17)10-13/h3-8,10,16,20H,2,9,19H2,1H3. The predicted molar refractivity (Wildman–Crippen MR) is 83.7 cm³/mol. The van der Waals surface area contributed by atoms with E-state index in [4.69, 9.17) is 5.84 Å². The molecule has 0 heterocycles. The number of nitrogens with two attached hydrogens (primary N) is 1. The summed E-state index contributed by atoms with van der Waals surface area (Å²) < 4.78 is 13.7. The van der Waals surface area contributed by atoms with Crippen LogP contribution in [0.15, 0.2) is 46.9 Å². The summed E-state index contributed by atoms with van der Waals surface area (Å²) in [6.45, 7) is 2.13. The van der Waals surface area contributed by atoms with Crippen LogP contribution in [0.3, 0.4) is 0 Å². The molecule has 0 aliphatic carbocycles. The van der Waals surface area contributed by atoms with E-state index in [1.165, 1.54) is 17.2 Å². The Labute approximate surface area is 127 Å². The molecule has 0 radical (unpaired) electrons. The zero-order chi connectivity index (χ0) is 14.5. The van der Waals surface area contributed by atoms with Crippen molar-refractivity contribution in [3.63, 3.8) is 0 Å². The topological polar surface area (TPSA) is 38.0 Å². The second-order valence-corrected chi connectivity index (χ2v) is 5.62. The minimum Gasteiger partial charge on any atom is -0.271 e. The molecule has 4 heteroatoms. The molecule has 0 aliphatic heterocycles. The Bertz CT molecular complexity index is 569. The van der Waals surface area contributed by atoms with E-state index in [-0.39, 0.29) is 11.9 Å². The molecular formula is C16H18BrFN2. The first-order chi connectivity index (χ1) is 9.63. The van der Waals surface area contributed by atoms with E-state index >= 15 is 0 Å². The fourth-order valence-electron chi connectivity index (χ4n) is 2.15. The lowest BCUT2D eigenvalue weighted by molar-refractivity contribution is 0.548. The third-order valence-corrected chi connectivity index (χ3v) is 4.03. The number of benzene rings is 2. The number of hydrogen-bond acceptors (Lipinski definition) is 2. The van der Waals surface area contributed by atoms with Gasteiger partial charge in [-0.05, 0) is 57.6 Å². The maximum Gasteiger partial charge on any atom is 0.137 e. The Balaban J connectivity index is 2.16. The number of aryl methyl sites for hydroxylation is 1. The van der Waals surface area contributed by atoms with Crippen molar-refractivity contribution in [1.82, 2.24) is 5.43 Å². The minimum atomic E-state index is -0.267. The Morgan fingerprint density at radius 1 is 1.15 bits per heavy atom. The van der Waals surface area contributed by atoms with Crippen LogP contribution in [0.25, 0.3) is 0 Å². The van der Waals surface area contributed by atoms with Crippen LogP contribution in [0.2, 0.25) is 0 Å². The van der Waals surface area contributed by atoms with E-state index in [1.54, 1.807) is 12.1 Å². The van der Waals surface area contributed by atoms with Crippen molar-refractivity contribution in [2.75, 3.05) is 0 Å². The molecule has 0 saturated carbocycles. The van der Waals surface area contributed by atoms with Crippen molar-refractivity contribution in [2.24, 2.45) is 5.84 Å². The van der Waals surface area contributed by atoms with E-state index in [0.717, 1.165) is 18.4 Å². The molecule has 2 aromatic rings. The maximum absolute atomic E-state index is 13.3. The molecule has 1 atom stereocenters. The molecule has 0 fully saturated rings. The van der Waals surface area contributed by atoms with Gasteiger partial charge in [0.25, 0.3) is 0 Å². The first kappa shape index (κ1) is 15.2. The monoisotopic (exact) mass is 336 g/mol. The van der Waals surface area contributed by atoms with E-state index in [2.05, 4.69) is 52.5 Å². The zero-order valence-electron chi connectivity index (χ0n) is 11.4. The van der Waals surface area contributed by atoms with Gasteiger partial charge in [0.15, 0.2) is 0 Å². The van der Waals surface area contributed by atoms with Gasteiger partial charge in [-0.3, -0.25) is 11.3 Å². The summed E-state index contributed by atoms with van der Waals surface area (Å²) in [4.78, 5) is 0. The van der Waals surface area contributed by atoms with Crippen molar-refractivity contribution in [1.29, 1.82) is 0 Å². The Morgan fingerprint density at radius 2 is 1.80 bits per heavy atom. The highest BCUT2D eigenvalue weighted by Crippen LogP contribution is 2.23. The highest BCUT2D eigenvalue weighted by molar-refractivity contribution is 9.10. The SMILES string of the molecule is CCc1ccc(CC(NN)c2ccc(F)c(Br)c2)cc1. The van der Waals surface area contributed by atoms with Crippen LogP contribution in [0.4, 0.5) is 4.39 Å². The molecule has 0 amide bonds. The molecule has 3 N–H and O–H groups in total. The fraction of sp³-hybridized carbons (Fsp3) is 0.250. The molecular weight excluding hydrogens is 319 g/mol. The first-order valence-electron chi connectivity index (χ1n) is 6.63. The second kappa shape index (κ2) is 6.97. The lowest BCUT2D eigenvalue weighted by atomic mass is 9.98. The summed E-state index contributed by atoms with van der Waals surface area (Å²) in [6.07, 6.45) is 1.79. The van der Waals surface area contributed by atoms with E-state index < -0.39 is 0 Å². The quantitative estimate of drug-likeness (QED) is 0.642. The molecule has 20 heavy (non-hydrogen) atoms. The molecule has 1 unspecified atom stereocenters. The largest absolute Gasteiger partial charge is 0.271 e. The first-order valence-corrected chi connectivity index (χ1v) is 7.42. The van der Waals surface area contributed by atoms with Crippen LogP contribution in [0.1, 0.15) is 29.7 Å². The average Bonchev–Trinajstić information content (AvgIpc) is 2.48. The summed E-state index contributed by atoms with van der Waals surface area (Å²) in [6, 6.07) is 13.4. The Morgan fingerprint density at radius 3 is 2.35 bits per heavy atom. The third kappa shape index (κ3) is 3.66. The number of hydrazine groups is 1. The van der Waals surface area contributed by atoms with Crippen LogP contribution >= 0.6 is 15.9 Å². The number of rotatable bonds is 5. The summed E-state index contributed by atoms with van der Waals surface area (Å²) in [7, 11) is 0. The number of hydrogen-bond donors (Lipinski definition) is 2. The van der Waals surface area contributed by atoms with Crippen LogP contribution in [0, 0.1) is 5.82 Å². The van der Waals surface area contributed by atoms with Gasteiger partial charge in [-0.25, -0.2) is 4.39 Å². The zero-order valence-corrected chi connectivity index (χ0v) is 13.0. The molecule has 0 aliphatic rings. The van der Waals surface area contributed by atoms with Gasteiger partial charge >= 0.3 is 0 Å². The average molecular weight is 337 g/mol. The molecule has 2 nitrogen and oxygen atoms in total. The summed E-state index contributed by atoms with van der Waals surface area (Å²) in [5, 5.41) is 0. The van der Waals surface area contributed by atoms with Gasteiger partial charge in [0.2, 0.25) is 0 Å². The molecule has 0 saturated heterocycles. The van der Waals surface area contributed by atoms with Gasteiger partial charge < -0.3 is 0 Å². The summed E-state index contributed by atoms with van der Waals surface area (Å²) >= 11 is 3.20. The highest BCUT2D eigenvalue weighted by Gasteiger charge is 2.12. The lowest BCUT2D eigenvalue weighted by Crippen LogP contribution is -2.29. The van der Waals surface area contributed by atoms with E-state index in [9.17, 15) is 4.39 Å². The smallest absolute Gasteiger partial charge is 0.137 e. The summed E-state index contributed by atoms with van der Waals surface area (Å²) in [5.74, 6) is 5.37. The van der Waals surface area contributed by atoms with Crippen molar-refractivity contribution < 1.29 is 4.39 Å². The maximum atomic E-state index is 13.3. The van der Waals surface area contributed by atoms with Crippen molar-refractivity contribution in [3.8, 4) is 0 Å². The van der Waals surface area contributed by atoms with Gasteiger partial charge in [-0.2, -0.15) is 0 Å². The van der Waals surface area contributed by atoms with Gasteiger partial charge in [-0.1, -0.05) is 37.3 Å². The normalized spacial score (nSPS) is 12.4. The molecule has 2 rings (SSSR count). The van der Waals surface area contributed by atoms with Crippen molar-refractivity contribution in [3.05, 3.63) is 69.4 Å². The predicted octanol–water partition coefficient (Wildman–Crippen LogP) is 3.90. The van der Waals surface area contributed by atoms with Crippen LogP contribution in [-0.2, 0) is 12.8 Å². The fourth-order valence-corrected chi connectivity index (χ4v) is 2.55. The van der Waals surface area contributed by atoms with Crippen LogP contribution < -0.4 is 11.3 Å². The van der Waals surface area contributed by atoms with Gasteiger partial charge in [0, 0.05) is 0 Å². The summed E-state index contributed by atoms with van der Waals surface area (Å²) in [5.41, 5.74) is 6.27. The van der Waals surface area contributed by atoms with Gasteiger partial charge in [0.05, 0.1) is 10.5 Å². The van der Waals surface area contributed by atoms with Crippen molar-refractivity contribution >= 4 is 15.9 Å². The van der Waals surface area contributed by atoms with Gasteiger partial charge in [0.1, 0.15) is 5.82 Å². The minimum absolute atomic E-state index is 0.0422. The molecule has 106 valence electrons. The lowest BCUT2D eigenvalue weighted by Gasteiger charge is -2.17. The number of halogens is 2. The number of nitrogens with one attached hydrogen (secondary N) is 1. The highest BCUT2D eigenvalue weighted by atomic mass is 79.9. The third-order valence-electron chi connectivity index (χ3n) is 3.42. The molecule has 0 aromatic heterocycles. The van der Waals surface area contributed by atoms with Crippen LogP contribution in [-0.4, -0.2) is 0 Å². The molecule has 2 aromatic carbocycles. The van der Waals surface area contributed by atoms with Crippen LogP contribution in [0.5, 0.6) is 0 Å². The second-order valence-electron chi connectivity index (χ2n) is 4.77.